The molecule has 0 atom stereocenters. The first-order valence-electron chi connectivity index (χ1n) is 14.1. The molecule has 41 heavy (non-hydrogen) atoms. The van der Waals surface area contributed by atoms with Crippen LogP contribution in [-0.4, -0.2) is 43.0 Å². The molecule has 0 unspecified atom stereocenters. The second kappa shape index (κ2) is 11.0. The van der Waals surface area contributed by atoms with Crippen LogP contribution in [0.15, 0.2) is 60.8 Å². The van der Waals surface area contributed by atoms with Gasteiger partial charge in [-0.3, -0.25) is 14.5 Å². The Morgan fingerprint density at radius 3 is 2.61 bits per heavy atom. The van der Waals surface area contributed by atoms with E-state index in [-0.39, 0.29) is 5.69 Å². The summed E-state index contributed by atoms with van der Waals surface area (Å²) in [5.74, 6) is 1.24. The molecule has 5 aromatic rings. The lowest BCUT2D eigenvalue weighted by Crippen LogP contribution is -2.16. The van der Waals surface area contributed by atoms with Crippen LogP contribution in [0.25, 0.3) is 39.3 Å². The predicted octanol–water partition coefficient (Wildman–Crippen LogP) is 6.87. The zero-order chi connectivity index (χ0) is 28.5. The molecule has 1 aliphatic carbocycles. The van der Waals surface area contributed by atoms with E-state index in [1.165, 1.54) is 32.1 Å². The van der Waals surface area contributed by atoms with Gasteiger partial charge in [-0.15, -0.1) is 0 Å². The number of anilines is 1. The molecule has 3 heterocycles. The highest BCUT2D eigenvalue weighted by Crippen LogP contribution is 2.36. The van der Waals surface area contributed by atoms with Crippen molar-refractivity contribution in [2.45, 2.75) is 58.0 Å². The molecule has 1 saturated carbocycles. The predicted molar refractivity (Wildman–Crippen MR) is 158 cm³/mol. The van der Waals surface area contributed by atoms with Crippen LogP contribution in [0.4, 0.5) is 11.5 Å². The number of unbranched alkanes of at least 4 members (excludes halogenated alkanes) is 1. The summed E-state index contributed by atoms with van der Waals surface area (Å²) < 4.78 is 9.19. The van der Waals surface area contributed by atoms with E-state index >= 15 is 0 Å². The maximum atomic E-state index is 12.2. The fraction of sp³-hybridized carbons (Fsp3) is 0.323. The van der Waals surface area contributed by atoms with Gasteiger partial charge in [0.15, 0.2) is 0 Å². The smallest absolute Gasteiger partial charge is 0.337 e. The number of hydrogen-bond acceptors (Lipinski definition) is 7. The molecule has 210 valence electrons. The molecule has 1 fully saturated rings. The first-order valence-corrected chi connectivity index (χ1v) is 14.1. The quantitative estimate of drug-likeness (QED) is 0.120. The number of methoxy groups -OCH3 is 1. The number of hydrogen-bond donors (Lipinski definition) is 1. The Labute approximate surface area is 237 Å². The van der Waals surface area contributed by atoms with E-state index < -0.39 is 10.9 Å². The zero-order valence-corrected chi connectivity index (χ0v) is 23.2. The number of pyridine rings is 1. The molecule has 0 spiro atoms. The van der Waals surface area contributed by atoms with Crippen LogP contribution in [0.5, 0.6) is 0 Å². The van der Waals surface area contributed by atoms with E-state index in [1.807, 2.05) is 24.4 Å². The minimum atomic E-state index is -0.401. The lowest BCUT2D eigenvalue weighted by Gasteiger charge is -2.15. The van der Waals surface area contributed by atoms with E-state index in [9.17, 15) is 14.9 Å². The topological polar surface area (TPSA) is 117 Å². The number of esters is 1. The molecule has 1 N–H and O–H groups in total. The number of ether oxygens (including phenoxy) is 1. The van der Waals surface area contributed by atoms with E-state index in [0.717, 1.165) is 71.9 Å². The summed E-state index contributed by atoms with van der Waals surface area (Å²) in [4.78, 5) is 33.3. The molecule has 10 nitrogen and oxygen atoms in total. The van der Waals surface area contributed by atoms with Gasteiger partial charge in [-0.25, -0.2) is 14.8 Å². The molecular weight excluding hydrogens is 520 g/mol. The Morgan fingerprint density at radius 1 is 1.12 bits per heavy atom. The second-order valence-corrected chi connectivity index (χ2v) is 10.5. The molecule has 0 saturated heterocycles. The molecular formula is C31H32N6O4. The Bertz CT molecular complexity index is 1750. The number of nitrogens with zero attached hydrogens (tertiary/aromatic N) is 5. The normalized spacial score (nSPS) is 13.7. The molecule has 3 aromatic heterocycles. The number of carbonyl (C=O) groups is 1. The van der Waals surface area contributed by atoms with E-state index in [1.54, 1.807) is 24.3 Å². The number of carbonyl (C=O) groups excluding carboxylic acids is 1. The van der Waals surface area contributed by atoms with Gasteiger partial charge in [-0.2, -0.15) is 0 Å². The number of aromatic nitrogens is 4. The van der Waals surface area contributed by atoms with Crippen molar-refractivity contribution in [1.29, 1.82) is 0 Å². The first-order chi connectivity index (χ1) is 20.0. The van der Waals surface area contributed by atoms with Gasteiger partial charge in [-0.05, 0) is 61.7 Å². The lowest BCUT2D eigenvalue weighted by molar-refractivity contribution is -0.384. The van der Waals surface area contributed by atoms with Crippen molar-refractivity contribution in [2.75, 3.05) is 12.4 Å². The van der Waals surface area contributed by atoms with Crippen LogP contribution in [0.1, 0.15) is 55.8 Å². The van der Waals surface area contributed by atoms with Crippen molar-refractivity contribution in [1.82, 2.24) is 18.9 Å². The fourth-order valence-electron chi connectivity index (χ4n) is 5.71. The van der Waals surface area contributed by atoms with Gasteiger partial charge in [0, 0.05) is 36.5 Å². The number of aryl methyl sites for hydroxylation is 1. The van der Waals surface area contributed by atoms with Crippen LogP contribution in [-0.2, 0) is 11.3 Å². The van der Waals surface area contributed by atoms with Crippen LogP contribution in [0.2, 0.25) is 0 Å². The van der Waals surface area contributed by atoms with Crippen molar-refractivity contribution in [3.05, 3.63) is 76.5 Å². The number of nitro benzene ring substituents is 1. The summed E-state index contributed by atoms with van der Waals surface area (Å²) in [6, 6.07) is 16.4. The molecule has 6 rings (SSSR count). The van der Waals surface area contributed by atoms with E-state index in [2.05, 4.69) is 21.2 Å². The van der Waals surface area contributed by atoms with Gasteiger partial charge in [0.25, 0.3) is 5.69 Å². The second-order valence-electron chi connectivity index (χ2n) is 10.5. The number of nitro groups is 1. The number of nitrogens with one attached hydrogen (secondary N) is 1. The Balaban J connectivity index is 1.55. The number of rotatable bonds is 9. The summed E-state index contributed by atoms with van der Waals surface area (Å²) in [6.07, 6.45) is 8.52. The standard InChI is InChI=1S/C31H32N6O4/c1-3-4-17-35-26-16-13-21(31(38)41-2)19-25(26)33-28(35)24-10-7-18-36-29(24)34-27(30(36)32-22-8-5-6-9-22)20-11-14-23(15-12-20)37(39)40/h7,10-16,18-19,22,32H,3-6,8-9,17H2,1-2H3. The highest BCUT2D eigenvalue weighted by atomic mass is 16.6. The maximum absolute atomic E-state index is 12.2. The van der Waals surface area contributed by atoms with Gasteiger partial charge < -0.3 is 14.6 Å². The summed E-state index contributed by atoms with van der Waals surface area (Å²) in [7, 11) is 1.37. The van der Waals surface area contributed by atoms with Gasteiger partial charge in [0.05, 0.1) is 34.2 Å². The lowest BCUT2D eigenvalue weighted by atomic mass is 10.1. The van der Waals surface area contributed by atoms with Crippen molar-refractivity contribution in [2.24, 2.45) is 0 Å². The molecule has 0 radical (unpaired) electrons. The molecule has 0 bridgehead atoms. The third-order valence-electron chi connectivity index (χ3n) is 7.84. The molecule has 10 heteroatoms. The Morgan fingerprint density at radius 2 is 1.90 bits per heavy atom. The van der Waals surface area contributed by atoms with Gasteiger partial charge >= 0.3 is 5.97 Å². The molecule has 2 aromatic carbocycles. The summed E-state index contributed by atoms with van der Waals surface area (Å²) in [5, 5.41) is 15.0. The summed E-state index contributed by atoms with van der Waals surface area (Å²) in [6.45, 7) is 2.92. The third kappa shape index (κ3) is 4.90. The van der Waals surface area contributed by atoms with Crippen molar-refractivity contribution >= 4 is 34.2 Å². The molecule has 0 aliphatic heterocycles. The minimum absolute atomic E-state index is 0.0412. The fourth-order valence-corrected chi connectivity index (χ4v) is 5.71. The van der Waals surface area contributed by atoms with Gasteiger partial charge in [0.1, 0.15) is 23.0 Å². The largest absolute Gasteiger partial charge is 0.465 e. The first kappa shape index (κ1) is 26.5. The average molecular weight is 553 g/mol. The highest BCUT2D eigenvalue weighted by molar-refractivity contribution is 5.95. The van der Waals surface area contributed by atoms with Crippen molar-refractivity contribution in [3.8, 4) is 22.6 Å². The van der Waals surface area contributed by atoms with Gasteiger partial charge in [-0.1, -0.05) is 26.2 Å². The van der Waals surface area contributed by atoms with E-state index in [4.69, 9.17) is 14.7 Å². The number of benzene rings is 2. The van der Waals surface area contributed by atoms with Crippen molar-refractivity contribution < 1.29 is 14.5 Å². The Kier molecular flexibility index (Phi) is 7.13. The van der Waals surface area contributed by atoms with Crippen molar-refractivity contribution in [3.63, 3.8) is 0 Å². The SMILES string of the molecule is CCCCn1c(-c2cccn3c(NC4CCCC4)c(-c4ccc([N+](=O)[O-])cc4)nc23)nc2cc(C(=O)OC)ccc21. The minimum Gasteiger partial charge on any atom is -0.465 e. The highest BCUT2D eigenvalue weighted by Gasteiger charge is 2.24. The third-order valence-corrected chi connectivity index (χ3v) is 7.84. The monoisotopic (exact) mass is 552 g/mol. The Hall–Kier alpha value is -4.73. The van der Waals surface area contributed by atoms with Crippen LogP contribution in [0.3, 0.4) is 0 Å². The zero-order valence-electron chi connectivity index (χ0n) is 23.2. The van der Waals surface area contributed by atoms with Crippen LogP contribution < -0.4 is 5.32 Å². The van der Waals surface area contributed by atoms with Gasteiger partial charge in [0.2, 0.25) is 0 Å². The van der Waals surface area contributed by atoms with Crippen LogP contribution >= 0.6 is 0 Å². The average Bonchev–Trinajstić information content (AvgIpc) is 3.73. The van der Waals surface area contributed by atoms with E-state index in [0.29, 0.717) is 17.1 Å². The maximum Gasteiger partial charge on any atom is 0.337 e. The number of imidazole rings is 2. The number of non-ortho nitro benzene ring substituents is 1. The molecule has 1 aliphatic rings. The summed E-state index contributed by atoms with van der Waals surface area (Å²) in [5.41, 5.74) is 5.29. The number of fused-ring (bicyclic) bond motifs is 2. The summed E-state index contributed by atoms with van der Waals surface area (Å²) >= 11 is 0. The van der Waals surface area contributed by atoms with Crippen LogP contribution in [0, 0.1) is 10.1 Å². The molecule has 0 amide bonds.